The zero-order chi connectivity index (χ0) is 72.5. The first-order chi connectivity index (χ1) is 49.0. The van der Waals surface area contributed by atoms with Crippen molar-refractivity contribution in [3.05, 3.63) is 85.1 Å². The Hall–Kier alpha value is -2.81. The van der Waals surface area contributed by atoms with Crippen LogP contribution in [-0.4, -0.2) is 74.9 Å². The molecular weight excluding hydrogens is 1250 g/mol. The molecule has 0 amide bonds. The van der Waals surface area contributed by atoms with Crippen LogP contribution in [0.4, 0.5) is 0 Å². The molecule has 0 aliphatic rings. The fourth-order valence-corrected chi connectivity index (χ4v) is 13.6. The quantitative estimate of drug-likeness (QED) is 0.0211. The second kappa shape index (κ2) is 80.3. The van der Waals surface area contributed by atoms with Crippen molar-refractivity contribution < 1.29 is 42.1 Å². The van der Waals surface area contributed by atoms with E-state index in [2.05, 4.69) is 98.9 Å². The highest BCUT2D eigenvalue weighted by molar-refractivity contribution is 7.47. The van der Waals surface area contributed by atoms with E-state index in [-0.39, 0.29) is 25.6 Å². The average Bonchev–Trinajstić information content (AvgIpc) is 1.02. The predicted octanol–water partition coefficient (Wildman–Crippen LogP) is 29.2. The highest BCUT2D eigenvalue weighted by Gasteiger charge is 2.27. The minimum Gasteiger partial charge on any atom is -0.462 e. The van der Waals surface area contributed by atoms with Crippen molar-refractivity contribution in [3.63, 3.8) is 0 Å². The van der Waals surface area contributed by atoms with Gasteiger partial charge in [-0.05, 0) is 89.9 Å². The molecule has 10 heteroatoms. The van der Waals surface area contributed by atoms with Crippen LogP contribution in [0.5, 0.6) is 0 Å². The van der Waals surface area contributed by atoms with Crippen molar-refractivity contribution in [1.29, 1.82) is 0 Å². The topological polar surface area (TPSA) is 108 Å². The largest absolute Gasteiger partial charge is 0.472 e. The molecular formula is C90H167NO8P+. The first-order valence-electron chi connectivity index (χ1n) is 43.3. The maximum Gasteiger partial charge on any atom is 0.472 e. The third-order valence-electron chi connectivity index (χ3n) is 19.4. The number of carbonyl (C=O) groups excluding carboxylic acids is 2. The summed E-state index contributed by atoms with van der Waals surface area (Å²) in [5.41, 5.74) is 0. The standard InChI is InChI=1S/C90H166NO8P/c1-6-8-10-12-14-16-18-20-22-24-26-28-30-32-34-36-38-40-42-44-45-47-48-50-52-54-56-58-60-62-64-66-68-70-72-74-76-78-80-82-89(92)96-86-88(87-98-100(94,95)97-85-84-91(3,4)5)99-90(93)83-81-79-77-75-73-71-69-67-65-63-61-59-57-55-53-51-49-46-43-41-39-37-35-33-31-29-27-25-23-21-19-17-15-13-11-9-7-2/h9,11,15,17-18,20-21,23-24,26-27,29-30,32,88H,6-8,10,12-14,16,19,22,25,28,31,33-87H2,1-5H3/p+1/b11-9-,17-15-,20-18-,23-21-,26-24-,29-27-,32-30-. The minimum absolute atomic E-state index is 0.0335. The number of unbranched alkanes of at least 4 members (excludes halogenated alkanes) is 53. The molecule has 0 heterocycles. The third kappa shape index (κ3) is 84.1. The zero-order valence-electron chi connectivity index (χ0n) is 66.9. The van der Waals surface area contributed by atoms with Gasteiger partial charge in [0.2, 0.25) is 0 Å². The van der Waals surface area contributed by atoms with Crippen LogP contribution >= 0.6 is 7.82 Å². The molecule has 0 aromatic carbocycles. The number of rotatable bonds is 81. The summed E-state index contributed by atoms with van der Waals surface area (Å²) in [5, 5.41) is 0. The number of phosphoric acid groups is 1. The Morgan fingerprint density at radius 2 is 0.570 bits per heavy atom. The van der Waals surface area contributed by atoms with Crippen molar-refractivity contribution in [3.8, 4) is 0 Å². The van der Waals surface area contributed by atoms with Crippen molar-refractivity contribution in [2.45, 2.75) is 431 Å². The van der Waals surface area contributed by atoms with E-state index in [0.717, 1.165) is 70.6 Å². The molecule has 584 valence electrons. The van der Waals surface area contributed by atoms with Gasteiger partial charge in [0.15, 0.2) is 6.10 Å². The van der Waals surface area contributed by atoms with E-state index in [4.69, 9.17) is 18.5 Å². The van der Waals surface area contributed by atoms with Gasteiger partial charge in [-0.3, -0.25) is 18.6 Å². The molecule has 0 rings (SSSR count). The molecule has 1 N–H and O–H groups in total. The Morgan fingerprint density at radius 1 is 0.320 bits per heavy atom. The Kier molecular flexibility index (Phi) is 78.0. The molecule has 0 aromatic heterocycles. The Balaban J connectivity index is 3.87. The summed E-state index contributed by atoms with van der Waals surface area (Å²) in [5.74, 6) is -0.774. The van der Waals surface area contributed by atoms with Crippen LogP contribution in [0, 0.1) is 0 Å². The highest BCUT2D eigenvalue weighted by atomic mass is 31.2. The molecule has 0 saturated carbocycles. The number of carbonyl (C=O) groups is 2. The molecule has 0 radical (unpaired) electrons. The first kappa shape index (κ1) is 97.2. The molecule has 0 bridgehead atoms. The lowest BCUT2D eigenvalue weighted by atomic mass is 10.0. The van der Waals surface area contributed by atoms with E-state index >= 15 is 0 Å². The predicted molar refractivity (Wildman–Crippen MR) is 436 cm³/mol. The summed E-state index contributed by atoms with van der Waals surface area (Å²) >= 11 is 0. The fourth-order valence-electron chi connectivity index (χ4n) is 12.8. The summed E-state index contributed by atoms with van der Waals surface area (Å²) in [7, 11) is 1.50. The van der Waals surface area contributed by atoms with Crippen molar-refractivity contribution >= 4 is 19.8 Å². The van der Waals surface area contributed by atoms with E-state index in [1.807, 2.05) is 21.1 Å². The van der Waals surface area contributed by atoms with Gasteiger partial charge in [0.05, 0.1) is 27.7 Å². The van der Waals surface area contributed by atoms with Crippen LogP contribution < -0.4 is 0 Å². The SMILES string of the molecule is CC/C=C\C/C=C\C/C=C\C/C=C\CCCCCCCCCCCCCCCCCCCCCCCCCCC(=O)OC(COC(=O)CCCCCCCCCCCCCCCCCCCCCCCCCC/C=C\C/C=C\C/C=C\CCCCCCC)COP(=O)(O)OCC[N+](C)(C)C. The molecule has 2 unspecified atom stereocenters. The highest BCUT2D eigenvalue weighted by Crippen LogP contribution is 2.43. The number of hydrogen-bond acceptors (Lipinski definition) is 7. The van der Waals surface area contributed by atoms with Gasteiger partial charge in [0.1, 0.15) is 19.8 Å². The molecule has 0 aliphatic carbocycles. The number of allylic oxidation sites excluding steroid dienone is 14. The molecule has 0 fully saturated rings. The van der Waals surface area contributed by atoms with Crippen LogP contribution in [0.25, 0.3) is 0 Å². The van der Waals surface area contributed by atoms with Crippen molar-refractivity contribution in [2.75, 3.05) is 47.5 Å². The van der Waals surface area contributed by atoms with E-state index in [1.165, 1.54) is 321 Å². The van der Waals surface area contributed by atoms with Crippen LogP contribution in [0.3, 0.4) is 0 Å². The average molecular weight is 1420 g/mol. The molecule has 0 spiro atoms. The van der Waals surface area contributed by atoms with Gasteiger partial charge in [-0.25, -0.2) is 4.57 Å². The van der Waals surface area contributed by atoms with Gasteiger partial charge in [-0.2, -0.15) is 0 Å². The summed E-state index contributed by atoms with van der Waals surface area (Å²) in [6.45, 7) is 4.38. The van der Waals surface area contributed by atoms with Crippen LogP contribution in [-0.2, 0) is 32.7 Å². The smallest absolute Gasteiger partial charge is 0.462 e. The maximum absolute atomic E-state index is 12.9. The Bertz CT molecular complexity index is 1970. The second-order valence-electron chi connectivity index (χ2n) is 30.5. The number of ether oxygens (including phenoxy) is 2. The van der Waals surface area contributed by atoms with E-state index in [9.17, 15) is 19.0 Å². The Labute approximate surface area is 621 Å². The van der Waals surface area contributed by atoms with Gasteiger partial charge in [-0.1, -0.05) is 407 Å². The van der Waals surface area contributed by atoms with Crippen LogP contribution in [0.1, 0.15) is 425 Å². The van der Waals surface area contributed by atoms with Gasteiger partial charge >= 0.3 is 19.8 Å². The fraction of sp³-hybridized carbons (Fsp3) is 0.822. The summed E-state index contributed by atoms with van der Waals surface area (Å²) in [6.07, 6.45) is 112. The first-order valence-corrected chi connectivity index (χ1v) is 44.8. The van der Waals surface area contributed by atoms with Crippen LogP contribution in [0.2, 0.25) is 0 Å². The molecule has 0 saturated heterocycles. The van der Waals surface area contributed by atoms with Gasteiger partial charge < -0.3 is 18.9 Å². The number of likely N-dealkylation sites (N-methyl/N-ethyl adjacent to an activating group) is 1. The number of nitrogens with zero attached hydrogens (tertiary/aromatic N) is 1. The molecule has 2 atom stereocenters. The molecule has 9 nitrogen and oxygen atoms in total. The summed E-state index contributed by atoms with van der Waals surface area (Å²) < 4.78 is 34.9. The number of quaternary nitrogens is 1. The maximum atomic E-state index is 12.9. The third-order valence-corrected chi connectivity index (χ3v) is 20.4. The van der Waals surface area contributed by atoms with E-state index < -0.39 is 26.5 Å². The lowest BCUT2D eigenvalue weighted by Crippen LogP contribution is -2.37. The Morgan fingerprint density at radius 3 is 0.850 bits per heavy atom. The van der Waals surface area contributed by atoms with Crippen molar-refractivity contribution in [2.24, 2.45) is 0 Å². The monoisotopic (exact) mass is 1420 g/mol. The normalized spacial score (nSPS) is 13.4. The lowest BCUT2D eigenvalue weighted by Gasteiger charge is -2.24. The summed E-state index contributed by atoms with van der Waals surface area (Å²) in [4.78, 5) is 36.0. The van der Waals surface area contributed by atoms with E-state index in [0.29, 0.717) is 23.9 Å². The molecule has 100 heavy (non-hydrogen) atoms. The van der Waals surface area contributed by atoms with Crippen molar-refractivity contribution in [1.82, 2.24) is 0 Å². The number of esters is 2. The summed E-state index contributed by atoms with van der Waals surface area (Å²) in [6, 6.07) is 0. The van der Waals surface area contributed by atoms with Gasteiger partial charge in [0, 0.05) is 12.8 Å². The van der Waals surface area contributed by atoms with Gasteiger partial charge in [0.25, 0.3) is 0 Å². The minimum atomic E-state index is -4.40. The molecule has 0 aliphatic heterocycles. The zero-order valence-corrected chi connectivity index (χ0v) is 67.8. The second-order valence-corrected chi connectivity index (χ2v) is 32.0. The van der Waals surface area contributed by atoms with Gasteiger partial charge in [-0.15, -0.1) is 0 Å². The number of phosphoric ester groups is 1. The molecule has 0 aromatic rings. The van der Waals surface area contributed by atoms with E-state index in [1.54, 1.807) is 0 Å². The number of hydrogen-bond donors (Lipinski definition) is 1. The lowest BCUT2D eigenvalue weighted by molar-refractivity contribution is -0.870. The van der Waals surface area contributed by atoms with Crippen LogP contribution in [0.15, 0.2) is 85.1 Å².